The van der Waals surface area contributed by atoms with Crippen LogP contribution in [-0.4, -0.2) is 54.0 Å². The van der Waals surface area contributed by atoms with E-state index in [-0.39, 0.29) is 23.1 Å². The van der Waals surface area contributed by atoms with Crippen LogP contribution in [0.5, 0.6) is 0 Å². The lowest BCUT2D eigenvalue weighted by atomic mass is 10.1. The predicted molar refractivity (Wildman–Crippen MR) is 68.4 cm³/mol. The van der Waals surface area contributed by atoms with Crippen molar-refractivity contribution in [3.63, 3.8) is 0 Å². The molecule has 1 aliphatic heterocycles. The van der Waals surface area contributed by atoms with Gasteiger partial charge in [0.2, 0.25) is 0 Å². The highest BCUT2D eigenvalue weighted by Crippen LogP contribution is 2.38. The lowest BCUT2D eigenvalue weighted by molar-refractivity contribution is 0.0150. The molecule has 0 bridgehead atoms. The van der Waals surface area contributed by atoms with Gasteiger partial charge < -0.3 is 9.84 Å². The van der Waals surface area contributed by atoms with Gasteiger partial charge in [-0.15, -0.1) is 13.2 Å². The van der Waals surface area contributed by atoms with Crippen molar-refractivity contribution in [3.05, 3.63) is 0 Å². The molecule has 1 rings (SSSR count). The Balaban J connectivity index is 2.44. The summed E-state index contributed by atoms with van der Waals surface area (Å²) in [7, 11) is 0. The van der Waals surface area contributed by atoms with Crippen molar-refractivity contribution < 1.29 is 9.84 Å². The van der Waals surface area contributed by atoms with E-state index in [1.807, 2.05) is 6.92 Å². The summed E-state index contributed by atoms with van der Waals surface area (Å²) >= 11 is 3.45. The fourth-order valence-corrected chi connectivity index (χ4v) is 3.05. The van der Waals surface area contributed by atoms with Crippen LogP contribution in [0.3, 0.4) is 0 Å². The van der Waals surface area contributed by atoms with Crippen LogP contribution in [0.25, 0.3) is 0 Å². The maximum atomic E-state index is 9.84. The summed E-state index contributed by atoms with van der Waals surface area (Å²) in [4.78, 5) is 0.0822. The largest absolute Gasteiger partial charge is 0.389 e. The number of halogens is 1. The van der Waals surface area contributed by atoms with Gasteiger partial charge in [0.05, 0.1) is 23.1 Å². The zero-order valence-electron chi connectivity index (χ0n) is 9.11. The topological polar surface area (TPSA) is 29.5 Å². The summed E-state index contributed by atoms with van der Waals surface area (Å²) in [5, 5.41) is 9.84. The highest BCUT2D eigenvalue weighted by atomic mass is 79.9. The molecule has 1 saturated heterocycles. The van der Waals surface area contributed by atoms with Crippen molar-refractivity contribution in [3.8, 4) is 0 Å². The van der Waals surface area contributed by atoms with E-state index in [2.05, 4.69) is 35.6 Å². The van der Waals surface area contributed by atoms with Crippen LogP contribution < -0.4 is 0 Å². The number of aliphatic hydroxyl groups excluding tert-OH is 1. The monoisotopic (exact) mass is 282 g/mol. The third kappa shape index (κ3) is 3.37. The van der Waals surface area contributed by atoms with Crippen molar-refractivity contribution >= 4 is 29.1 Å². The van der Waals surface area contributed by atoms with Crippen molar-refractivity contribution in [2.24, 2.45) is 0 Å². The Bertz CT molecular complexity index is 238. The van der Waals surface area contributed by atoms with Crippen LogP contribution in [0.4, 0.5) is 0 Å². The number of rotatable bonds is 3. The van der Waals surface area contributed by atoms with Crippen LogP contribution in [0.2, 0.25) is 0 Å². The van der Waals surface area contributed by atoms with E-state index >= 15 is 0 Å². The molecule has 0 aliphatic carbocycles. The summed E-state index contributed by atoms with van der Waals surface area (Å²) in [5.74, 6) is 0. The minimum atomic E-state index is -0.991. The van der Waals surface area contributed by atoms with Crippen LogP contribution in [0, 0.1) is 0 Å². The molecule has 0 saturated carbocycles. The first-order valence-corrected chi connectivity index (χ1v) is 8.93. The molecule has 1 unspecified atom stereocenters. The third-order valence-electron chi connectivity index (χ3n) is 2.56. The van der Waals surface area contributed by atoms with E-state index in [1.165, 1.54) is 0 Å². The fourth-order valence-electron chi connectivity index (χ4n) is 1.63. The molecule has 2 nitrogen and oxygen atoms in total. The minimum Gasteiger partial charge on any atom is -0.389 e. The van der Waals surface area contributed by atoms with Crippen LogP contribution >= 0.6 is 22.8 Å². The van der Waals surface area contributed by atoms with Crippen molar-refractivity contribution in [1.82, 2.24) is 0 Å². The molecular weight excluding hydrogens is 263 g/mol. The zero-order valence-corrected chi connectivity index (χ0v) is 11.6. The van der Waals surface area contributed by atoms with E-state index in [1.54, 1.807) is 0 Å². The van der Waals surface area contributed by atoms with Gasteiger partial charge in [0.25, 0.3) is 0 Å². The summed E-state index contributed by atoms with van der Waals surface area (Å²) in [6, 6.07) is 0. The molecule has 0 aromatic carbocycles. The molecule has 4 heteroatoms. The summed E-state index contributed by atoms with van der Waals surface area (Å²) < 4.78 is 5.67. The highest BCUT2D eigenvalue weighted by molar-refractivity contribution is 9.09. The van der Waals surface area contributed by atoms with E-state index < -0.39 is 6.89 Å². The molecule has 14 heavy (non-hydrogen) atoms. The standard InChI is InChI=1S/C10H20BrO2P/c1-7-9(11)10(12)8(13-7)5-6-14(2,3)4/h7-10,12H,2,5-6H2,1,3-4H3/t7-,8+,9?,10+/m0/s1. The smallest absolute Gasteiger partial charge is 0.0951 e. The summed E-state index contributed by atoms with van der Waals surface area (Å²) in [5.41, 5.74) is 0. The number of hydrogen-bond donors (Lipinski definition) is 1. The molecule has 0 aromatic heterocycles. The molecular formula is C10H20BrO2P. The second-order valence-corrected chi connectivity index (χ2v) is 10.1. The van der Waals surface area contributed by atoms with Gasteiger partial charge in [-0.2, -0.15) is 0 Å². The van der Waals surface area contributed by atoms with Gasteiger partial charge in [-0.1, -0.05) is 15.9 Å². The SMILES string of the molecule is C=P(C)(C)CC[C@H]1O[C@@H](C)C(Br)[C@@H]1O. The Morgan fingerprint density at radius 2 is 2.07 bits per heavy atom. The average Bonchev–Trinajstić information content (AvgIpc) is 2.28. The zero-order chi connectivity index (χ0) is 10.9. The lowest BCUT2D eigenvalue weighted by Crippen LogP contribution is -2.27. The first-order chi connectivity index (χ1) is 6.31. The normalized spacial score (nSPS) is 38.9. The van der Waals surface area contributed by atoms with E-state index in [0.29, 0.717) is 0 Å². The van der Waals surface area contributed by atoms with Crippen LogP contribution in [0.15, 0.2) is 0 Å². The first-order valence-electron chi connectivity index (χ1n) is 4.96. The van der Waals surface area contributed by atoms with Gasteiger partial charge >= 0.3 is 0 Å². The molecule has 0 amide bonds. The number of alkyl halides is 1. The van der Waals surface area contributed by atoms with E-state index in [4.69, 9.17) is 4.74 Å². The summed E-state index contributed by atoms with van der Waals surface area (Å²) in [6.45, 7) is 5.43. The van der Waals surface area contributed by atoms with Gasteiger partial charge in [-0.3, -0.25) is 0 Å². The predicted octanol–water partition coefficient (Wildman–Crippen LogP) is 2.00. The molecule has 84 valence electrons. The summed E-state index contributed by atoms with van der Waals surface area (Å²) in [6.07, 6.45) is 5.91. The fraction of sp³-hybridized carbons (Fsp3) is 0.900. The Morgan fingerprint density at radius 1 is 1.50 bits per heavy atom. The number of aliphatic hydroxyl groups is 1. The van der Waals surface area contributed by atoms with Gasteiger partial charge in [0, 0.05) is 0 Å². The quantitative estimate of drug-likeness (QED) is 0.634. The van der Waals surface area contributed by atoms with Crippen LogP contribution in [-0.2, 0) is 4.74 Å². The van der Waals surface area contributed by atoms with E-state index in [9.17, 15) is 5.11 Å². The maximum absolute atomic E-state index is 9.84. The van der Waals surface area contributed by atoms with Crippen molar-refractivity contribution in [2.75, 3.05) is 19.5 Å². The van der Waals surface area contributed by atoms with Gasteiger partial charge in [-0.25, -0.2) is 0 Å². The average molecular weight is 283 g/mol. The van der Waals surface area contributed by atoms with Gasteiger partial charge in [0.1, 0.15) is 0 Å². The third-order valence-corrected chi connectivity index (χ3v) is 5.32. The molecule has 0 spiro atoms. The Labute approximate surface area is 95.1 Å². The Hall–Kier alpha value is 0.700. The first kappa shape index (κ1) is 12.8. The maximum Gasteiger partial charge on any atom is 0.0951 e. The highest BCUT2D eigenvalue weighted by Gasteiger charge is 2.39. The van der Waals surface area contributed by atoms with Gasteiger partial charge in [0.15, 0.2) is 0 Å². The molecule has 1 fully saturated rings. The number of ether oxygens (including phenoxy) is 1. The van der Waals surface area contributed by atoms with Crippen LogP contribution in [0.1, 0.15) is 13.3 Å². The van der Waals surface area contributed by atoms with Gasteiger partial charge in [-0.05, 0) is 32.8 Å². The Kier molecular flexibility index (Phi) is 4.28. The molecule has 1 N–H and O–H groups in total. The second-order valence-electron chi connectivity index (χ2n) is 4.76. The lowest BCUT2D eigenvalue weighted by Gasteiger charge is -2.18. The molecule has 4 atom stereocenters. The molecule has 1 aliphatic rings. The van der Waals surface area contributed by atoms with Crippen molar-refractivity contribution in [2.45, 2.75) is 36.5 Å². The molecule has 1 heterocycles. The van der Waals surface area contributed by atoms with Crippen molar-refractivity contribution in [1.29, 1.82) is 0 Å². The van der Waals surface area contributed by atoms with E-state index in [0.717, 1.165) is 12.6 Å². The molecule has 0 radical (unpaired) electrons. The molecule has 0 aromatic rings. The second kappa shape index (κ2) is 4.69. The minimum absolute atomic E-state index is 0.00426. The Morgan fingerprint density at radius 3 is 2.43 bits per heavy atom. The number of hydrogen-bond acceptors (Lipinski definition) is 2.